The topological polar surface area (TPSA) is 68.5 Å². The Hall–Kier alpha value is -2.37. The van der Waals surface area contributed by atoms with Crippen LogP contribution >= 0.6 is 0 Å². The highest BCUT2D eigenvalue weighted by Crippen LogP contribution is 2.31. The van der Waals surface area contributed by atoms with Crippen molar-refractivity contribution in [3.05, 3.63) is 30.2 Å². The van der Waals surface area contributed by atoms with Crippen LogP contribution in [0.4, 0.5) is 0 Å². The summed E-state index contributed by atoms with van der Waals surface area (Å²) in [4.78, 5) is 19.4. The maximum Gasteiger partial charge on any atom is 0.231 e. The fourth-order valence-corrected chi connectivity index (χ4v) is 4.45. The van der Waals surface area contributed by atoms with Gasteiger partial charge in [0.1, 0.15) is 5.75 Å². The average molecular weight is 383 g/mol. The molecule has 1 aliphatic heterocycles. The molecule has 1 amide bonds. The maximum atomic E-state index is 12.8. The number of hydrogen-bond acceptors (Lipinski definition) is 5. The van der Waals surface area contributed by atoms with Crippen molar-refractivity contribution in [2.45, 2.75) is 57.3 Å². The third-order valence-electron chi connectivity index (χ3n) is 6.08. The maximum absolute atomic E-state index is 12.8. The third kappa shape index (κ3) is 4.37. The van der Waals surface area contributed by atoms with Crippen LogP contribution in [0.2, 0.25) is 0 Å². The Morgan fingerprint density at radius 2 is 2.07 bits per heavy atom. The summed E-state index contributed by atoms with van der Waals surface area (Å²) in [5, 5.41) is 4.16. The molecule has 2 heterocycles. The first-order valence-corrected chi connectivity index (χ1v) is 10.5. The predicted molar refractivity (Wildman–Crippen MR) is 106 cm³/mol. The van der Waals surface area contributed by atoms with E-state index in [4.69, 9.17) is 9.26 Å². The average Bonchev–Trinajstić information content (AvgIpc) is 3.25. The summed E-state index contributed by atoms with van der Waals surface area (Å²) in [7, 11) is 1.64. The molecule has 1 aliphatic carbocycles. The summed E-state index contributed by atoms with van der Waals surface area (Å²) in [6.07, 6.45) is 8.94. The van der Waals surface area contributed by atoms with E-state index in [-0.39, 0.29) is 5.92 Å². The lowest BCUT2D eigenvalue weighted by atomic mass is 9.86. The number of aromatic nitrogens is 2. The first-order chi connectivity index (χ1) is 13.7. The van der Waals surface area contributed by atoms with Crippen molar-refractivity contribution >= 4 is 5.91 Å². The highest BCUT2D eigenvalue weighted by molar-refractivity contribution is 5.76. The quantitative estimate of drug-likeness (QED) is 0.764. The van der Waals surface area contributed by atoms with Gasteiger partial charge < -0.3 is 14.2 Å². The standard InChI is InChI=1S/C22H29N3O3/c1-27-19-11-5-9-17(14-19)21-23-22(28-24-21)18-10-6-12-25(15-18)20(26)13-16-7-3-2-4-8-16/h5,9,11,14,16,18H,2-4,6-8,10,12-13,15H2,1H3. The third-order valence-corrected chi connectivity index (χ3v) is 6.08. The van der Waals surface area contributed by atoms with Crippen molar-refractivity contribution in [1.29, 1.82) is 0 Å². The number of piperidine rings is 1. The van der Waals surface area contributed by atoms with Gasteiger partial charge in [-0.25, -0.2) is 0 Å². The molecule has 2 aliphatic rings. The fourth-order valence-electron chi connectivity index (χ4n) is 4.45. The smallest absolute Gasteiger partial charge is 0.231 e. The molecule has 0 spiro atoms. The number of likely N-dealkylation sites (tertiary alicyclic amines) is 1. The summed E-state index contributed by atoms with van der Waals surface area (Å²) < 4.78 is 10.8. The van der Waals surface area contributed by atoms with E-state index in [1.54, 1.807) is 7.11 Å². The lowest BCUT2D eigenvalue weighted by Gasteiger charge is -2.32. The number of benzene rings is 1. The van der Waals surface area contributed by atoms with Crippen LogP contribution in [0.5, 0.6) is 5.75 Å². The van der Waals surface area contributed by atoms with Crippen LogP contribution < -0.4 is 4.74 Å². The Labute approximate surface area is 166 Å². The lowest BCUT2D eigenvalue weighted by molar-refractivity contribution is -0.133. The van der Waals surface area contributed by atoms with Crippen molar-refractivity contribution in [1.82, 2.24) is 15.0 Å². The fraction of sp³-hybridized carbons (Fsp3) is 0.591. The zero-order valence-corrected chi connectivity index (χ0v) is 16.6. The van der Waals surface area contributed by atoms with Gasteiger partial charge in [0.05, 0.1) is 13.0 Å². The SMILES string of the molecule is COc1cccc(-c2noc(C3CCCN(C(=O)CC4CCCCC4)C3)n2)c1. The summed E-state index contributed by atoms with van der Waals surface area (Å²) in [5.74, 6) is 2.96. The van der Waals surface area contributed by atoms with E-state index in [0.29, 0.717) is 36.5 Å². The van der Waals surface area contributed by atoms with E-state index in [1.165, 1.54) is 32.1 Å². The number of carbonyl (C=O) groups excluding carboxylic acids is 1. The second kappa shape index (κ2) is 8.76. The monoisotopic (exact) mass is 383 g/mol. The first-order valence-electron chi connectivity index (χ1n) is 10.5. The van der Waals surface area contributed by atoms with Crippen LogP contribution in [0.15, 0.2) is 28.8 Å². The Morgan fingerprint density at radius 3 is 2.89 bits per heavy atom. The van der Waals surface area contributed by atoms with E-state index >= 15 is 0 Å². The molecule has 4 rings (SSSR count). The number of methoxy groups -OCH3 is 1. The van der Waals surface area contributed by atoms with Gasteiger partial charge in [-0.1, -0.05) is 36.6 Å². The van der Waals surface area contributed by atoms with E-state index in [9.17, 15) is 4.79 Å². The predicted octanol–water partition coefficient (Wildman–Crippen LogP) is 4.42. The van der Waals surface area contributed by atoms with E-state index in [0.717, 1.165) is 30.7 Å². The Bertz CT molecular complexity index is 798. The van der Waals surface area contributed by atoms with Gasteiger partial charge in [-0.05, 0) is 43.7 Å². The number of rotatable bonds is 5. The lowest BCUT2D eigenvalue weighted by Crippen LogP contribution is -2.40. The summed E-state index contributed by atoms with van der Waals surface area (Å²) >= 11 is 0. The molecule has 150 valence electrons. The molecule has 6 heteroatoms. The molecule has 1 aromatic heterocycles. The van der Waals surface area contributed by atoms with Gasteiger partial charge in [0.25, 0.3) is 0 Å². The molecule has 2 aromatic rings. The van der Waals surface area contributed by atoms with Gasteiger partial charge in [0, 0.05) is 25.1 Å². The molecule has 0 N–H and O–H groups in total. The first kappa shape index (κ1) is 19.0. The van der Waals surface area contributed by atoms with Gasteiger partial charge in [-0.3, -0.25) is 4.79 Å². The summed E-state index contributed by atoms with van der Waals surface area (Å²) in [5.41, 5.74) is 0.871. The second-order valence-corrected chi connectivity index (χ2v) is 8.08. The minimum atomic E-state index is 0.121. The molecule has 0 bridgehead atoms. The second-order valence-electron chi connectivity index (χ2n) is 8.08. The molecule has 1 saturated carbocycles. The zero-order valence-electron chi connectivity index (χ0n) is 16.6. The zero-order chi connectivity index (χ0) is 19.3. The number of nitrogens with zero attached hydrogens (tertiary/aromatic N) is 3. The van der Waals surface area contributed by atoms with Crippen LogP contribution in [0.25, 0.3) is 11.4 Å². The molecule has 1 atom stereocenters. The molecule has 6 nitrogen and oxygen atoms in total. The van der Waals surface area contributed by atoms with Crippen LogP contribution in [-0.4, -0.2) is 41.1 Å². The van der Waals surface area contributed by atoms with Crippen molar-refractivity contribution in [2.24, 2.45) is 5.92 Å². The van der Waals surface area contributed by atoms with Crippen LogP contribution in [0.1, 0.15) is 63.2 Å². The van der Waals surface area contributed by atoms with Crippen molar-refractivity contribution < 1.29 is 14.1 Å². The molecule has 1 aromatic carbocycles. The molecule has 2 fully saturated rings. The van der Waals surface area contributed by atoms with Crippen molar-refractivity contribution in [3.8, 4) is 17.1 Å². The molecule has 1 saturated heterocycles. The van der Waals surface area contributed by atoms with E-state index in [1.807, 2.05) is 29.2 Å². The van der Waals surface area contributed by atoms with E-state index < -0.39 is 0 Å². The summed E-state index contributed by atoms with van der Waals surface area (Å²) in [6.45, 7) is 1.53. The molecule has 1 unspecified atom stereocenters. The highest BCUT2D eigenvalue weighted by Gasteiger charge is 2.30. The number of ether oxygens (including phenoxy) is 1. The number of amides is 1. The van der Waals surface area contributed by atoms with Gasteiger partial charge in [0.15, 0.2) is 0 Å². The Kier molecular flexibility index (Phi) is 5.93. The minimum Gasteiger partial charge on any atom is -0.497 e. The molecule has 28 heavy (non-hydrogen) atoms. The van der Waals surface area contributed by atoms with Crippen molar-refractivity contribution in [2.75, 3.05) is 20.2 Å². The Balaban J connectivity index is 1.40. The van der Waals surface area contributed by atoms with Gasteiger partial charge in [-0.15, -0.1) is 0 Å². The van der Waals surface area contributed by atoms with Crippen molar-refractivity contribution in [3.63, 3.8) is 0 Å². The highest BCUT2D eigenvalue weighted by atomic mass is 16.5. The van der Waals surface area contributed by atoms with Crippen LogP contribution in [-0.2, 0) is 4.79 Å². The Morgan fingerprint density at radius 1 is 1.21 bits per heavy atom. The van der Waals surface area contributed by atoms with Crippen LogP contribution in [0, 0.1) is 5.92 Å². The van der Waals surface area contributed by atoms with Crippen LogP contribution in [0.3, 0.4) is 0 Å². The number of carbonyl (C=O) groups is 1. The van der Waals surface area contributed by atoms with Gasteiger partial charge in [-0.2, -0.15) is 4.98 Å². The number of hydrogen-bond donors (Lipinski definition) is 0. The van der Waals surface area contributed by atoms with Gasteiger partial charge in [0.2, 0.25) is 17.6 Å². The van der Waals surface area contributed by atoms with Gasteiger partial charge >= 0.3 is 0 Å². The minimum absolute atomic E-state index is 0.121. The molecule has 0 radical (unpaired) electrons. The normalized spacial score (nSPS) is 20.9. The van der Waals surface area contributed by atoms with E-state index in [2.05, 4.69) is 10.1 Å². The summed E-state index contributed by atoms with van der Waals surface area (Å²) in [6, 6.07) is 7.64. The molecular formula is C22H29N3O3. The largest absolute Gasteiger partial charge is 0.497 e. The molecular weight excluding hydrogens is 354 g/mol.